The van der Waals surface area contributed by atoms with Gasteiger partial charge in [0.25, 0.3) is 0 Å². The van der Waals surface area contributed by atoms with E-state index >= 15 is 0 Å². The van der Waals surface area contributed by atoms with Gasteiger partial charge in [-0.1, -0.05) is 13.8 Å². The first kappa shape index (κ1) is 13.9. The second-order valence-corrected chi connectivity index (χ2v) is 5.54. The van der Waals surface area contributed by atoms with Gasteiger partial charge in [0.15, 0.2) is 5.82 Å². The maximum absolute atomic E-state index is 13.1. The number of hydrogen-bond acceptors (Lipinski definition) is 3. The fourth-order valence-corrected chi connectivity index (χ4v) is 2.50. The minimum Gasteiger partial charge on any atom is -0.383 e. The first-order valence-electron chi connectivity index (χ1n) is 5.99. The van der Waals surface area contributed by atoms with E-state index in [1.54, 1.807) is 6.07 Å². The maximum atomic E-state index is 13.1. The van der Waals surface area contributed by atoms with Gasteiger partial charge in [0.05, 0.1) is 10.2 Å². The standard InChI is InChI=1S/C14H15BrFN3/c1-7(2)12-11(15)13(17)19-14(18-12)10-5-4-9(16)6-8(10)3/h4-7H,1-3H3,(H2,17,18,19). The van der Waals surface area contributed by atoms with Crippen molar-refractivity contribution < 1.29 is 4.39 Å². The lowest BCUT2D eigenvalue weighted by molar-refractivity contribution is 0.627. The summed E-state index contributed by atoms with van der Waals surface area (Å²) in [6.07, 6.45) is 0. The Labute approximate surface area is 120 Å². The number of aryl methyl sites for hydroxylation is 1. The monoisotopic (exact) mass is 323 g/mol. The van der Waals surface area contributed by atoms with E-state index in [1.807, 2.05) is 20.8 Å². The van der Waals surface area contributed by atoms with Crippen molar-refractivity contribution in [1.29, 1.82) is 0 Å². The van der Waals surface area contributed by atoms with E-state index in [2.05, 4.69) is 25.9 Å². The van der Waals surface area contributed by atoms with Gasteiger partial charge in [-0.15, -0.1) is 0 Å². The van der Waals surface area contributed by atoms with Crippen LogP contribution in [0.25, 0.3) is 11.4 Å². The summed E-state index contributed by atoms with van der Waals surface area (Å²) in [4.78, 5) is 8.81. The average molecular weight is 324 g/mol. The summed E-state index contributed by atoms with van der Waals surface area (Å²) in [5.74, 6) is 0.883. The molecule has 0 radical (unpaired) electrons. The smallest absolute Gasteiger partial charge is 0.162 e. The molecule has 0 bridgehead atoms. The molecular formula is C14H15BrFN3. The average Bonchev–Trinajstić information content (AvgIpc) is 2.32. The molecular weight excluding hydrogens is 309 g/mol. The van der Waals surface area contributed by atoms with E-state index in [1.165, 1.54) is 12.1 Å². The molecule has 0 saturated carbocycles. The predicted octanol–water partition coefficient (Wildman–Crippen LogP) is 4.06. The van der Waals surface area contributed by atoms with Crippen molar-refractivity contribution in [3.8, 4) is 11.4 Å². The Hall–Kier alpha value is -1.49. The zero-order chi connectivity index (χ0) is 14.2. The summed E-state index contributed by atoms with van der Waals surface area (Å²) < 4.78 is 13.9. The SMILES string of the molecule is Cc1cc(F)ccc1-c1nc(N)c(Br)c(C(C)C)n1. The Kier molecular flexibility index (Phi) is 3.85. The van der Waals surface area contributed by atoms with Crippen molar-refractivity contribution in [2.45, 2.75) is 26.7 Å². The molecule has 0 aliphatic carbocycles. The van der Waals surface area contributed by atoms with Gasteiger partial charge in [0, 0.05) is 5.56 Å². The molecule has 2 rings (SSSR count). The number of benzene rings is 1. The Morgan fingerprint density at radius 2 is 1.95 bits per heavy atom. The van der Waals surface area contributed by atoms with Gasteiger partial charge in [-0.05, 0) is 52.5 Å². The van der Waals surface area contributed by atoms with E-state index < -0.39 is 0 Å². The molecule has 0 saturated heterocycles. The van der Waals surface area contributed by atoms with Crippen LogP contribution < -0.4 is 5.73 Å². The van der Waals surface area contributed by atoms with Crippen LogP contribution in [0.5, 0.6) is 0 Å². The van der Waals surface area contributed by atoms with Crippen LogP contribution in [0.4, 0.5) is 10.2 Å². The Morgan fingerprint density at radius 1 is 1.26 bits per heavy atom. The lowest BCUT2D eigenvalue weighted by Crippen LogP contribution is -2.05. The van der Waals surface area contributed by atoms with Crippen molar-refractivity contribution >= 4 is 21.7 Å². The van der Waals surface area contributed by atoms with Crippen molar-refractivity contribution in [2.24, 2.45) is 0 Å². The number of aromatic nitrogens is 2. The summed E-state index contributed by atoms with van der Waals surface area (Å²) >= 11 is 3.41. The second kappa shape index (κ2) is 5.25. The van der Waals surface area contributed by atoms with Crippen LogP contribution in [0.2, 0.25) is 0 Å². The summed E-state index contributed by atoms with van der Waals surface area (Å²) in [7, 11) is 0. The number of hydrogen-bond donors (Lipinski definition) is 1. The molecule has 0 fully saturated rings. The van der Waals surface area contributed by atoms with Crippen molar-refractivity contribution in [3.63, 3.8) is 0 Å². The van der Waals surface area contributed by atoms with E-state index in [0.29, 0.717) is 11.6 Å². The number of anilines is 1. The molecule has 0 aliphatic rings. The van der Waals surface area contributed by atoms with Gasteiger partial charge in [-0.2, -0.15) is 0 Å². The number of rotatable bonds is 2. The molecule has 0 atom stereocenters. The molecule has 1 aromatic carbocycles. The predicted molar refractivity (Wildman–Crippen MR) is 78.4 cm³/mol. The normalized spacial score (nSPS) is 11.1. The van der Waals surface area contributed by atoms with Gasteiger partial charge in [-0.25, -0.2) is 14.4 Å². The lowest BCUT2D eigenvalue weighted by Gasteiger charge is -2.12. The summed E-state index contributed by atoms with van der Waals surface area (Å²) in [6.45, 7) is 5.90. The summed E-state index contributed by atoms with van der Waals surface area (Å²) in [5, 5.41) is 0. The van der Waals surface area contributed by atoms with Crippen LogP contribution in [0.3, 0.4) is 0 Å². The fraction of sp³-hybridized carbons (Fsp3) is 0.286. The molecule has 2 aromatic rings. The molecule has 19 heavy (non-hydrogen) atoms. The minimum absolute atomic E-state index is 0.221. The van der Waals surface area contributed by atoms with E-state index in [0.717, 1.165) is 21.3 Å². The molecule has 3 nitrogen and oxygen atoms in total. The molecule has 2 N–H and O–H groups in total. The van der Waals surface area contributed by atoms with Crippen LogP contribution in [0, 0.1) is 12.7 Å². The van der Waals surface area contributed by atoms with Crippen LogP contribution in [-0.4, -0.2) is 9.97 Å². The quantitative estimate of drug-likeness (QED) is 0.906. The number of halogens is 2. The highest BCUT2D eigenvalue weighted by molar-refractivity contribution is 9.10. The Balaban J connectivity index is 2.63. The third kappa shape index (κ3) is 2.76. The van der Waals surface area contributed by atoms with Crippen molar-refractivity contribution in [1.82, 2.24) is 9.97 Å². The van der Waals surface area contributed by atoms with E-state index in [-0.39, 0.29) is 11.7 Å². The third-order valence-corrected chi connectivity index (χ3v) is 3.69. The fourth-order valence-electron chi connectivity index (χ4n) is 1.86. The lowest BCUT2D eigenvalue weighted by atomic mass is 10.1. The number of nitrogens with two attached hydrogens (primary N) is 1. The van der Waals surface area contributed by atoms with Gasteiger partial charge in [0.2, 0.25) is 0 Å². The molecule has 0 spiro atoms. The molecule has 1 aromatic heterocycles. The van der Waals surface area contributed by atoms with Crippen molar-refractivity contribution in [2.75, 3.05) is 5.73 Å². The van der Waals surface area contributed by atoms with Crippen LogP contribution in [0.1, 0.15) is 31.0 Å². The summed E-state index contributed by atoms with van der Waals surface area (Å²) in [5.41, 5.74) is 8.34. The van der Waals surface area contributed by atoms with Gasteiger partial charge in [-0.3, -0.25) is 0 Å². The highest BCUT2D eigenvalue weighted by atomic mass is 79.9. The Bertz CT molecular complexity index is 626. The largest absolute Gasteiger partial charge is 0.383 e. The molecule has 0 unspecified atom stereocenters. The highest BCUT2D eigenvalue weighted by Crippen LogP contribution is 2.30. The number of nitrogens with zero attached hydrogens (tertiary/aromatic N) is 2. The van der Waals surface area contributed by atoms with Crippen LogP contribution in [0.15, 0.2) is 22.7 Å². The van der Waals surface area contributed by atoms with E-state index in [4.69, 9.17) is 5.73 Å². The maximum Gasteiger partial charge on any atom is 0.162 e. The Morgan fingerprint density at radius 3 is 2.53 bits per heavy atom. The topological polar surface area (TPSA) is 51.8 Å². The zero-order valence-electron chi connectivity index (χ0n) is 11.0. The van der Waals surface area contributed by atoms with Gasteiger partial charge in [0.1, 0.15) is 11.6 Å². The first-order valence-corrected chi connectivity index (χ1v) is 6.79. The molecule has 1 heterocycles. The van der Waals surface area contributed by atoms with Crippen molar-refractivity contribution in [3.05, 3.63) is 39.7 Å². The zero-order valence-corrected chi connectivity index (χ0v) is 12.6. The molecule has 0 aliphatic heterocycles. The minimum atomic E-state index is -0.268. The van der Waals surface area contributed by atoms with Gasteiger partial charge >= 0.3 is 0 Å². The first-order chi connectivity index (χ1) is 8.90. The molecule has 100 valence electrons. The summed E-state index contributed by atoms with van der Waals surface area (Å²) in [6, 6.07) is 4.54. The number of nitrogen functional groups attached to an aromatic ring is 1. The van der Waals surface area contributed by atoms with Gasteiger partial charge < -0.3 is 5.73 Å². The molecule has 0 amide bonds. The van der Waals surface area contributed by atoms with Crippen LogP contribution in [-0.2, 0) is 0 Å². The van der Waals surface area contributed by atoms with Crippen LogP contribution >= 0.6 is 15.9 Å². The highest BCUT2D eigenvalue weighted by Gasteiger charge is 2.15. The second-order valence-electron chi connectivity index (χ2n) is 4.75. The van der Waals surface area contributed by atoms with E-state index in [9.17, 15) is 4.39 Å². The molecule has 5 heteroatoms. The third-order valence-electron chi connectivity index (χ3n) is 2.88.